The molecular formula is C18H36N2. The Labute approximate surface area is 126 Å². The van der Waals surface area contributed by atoms with Crippen LogP contribution in [0.2, 0.25) is 0 Å². The van der Waals surface area contributed by atoms with Crippen molar-refractivity contribution in [3.05, 3.63) is 0 Å². The van der Waals surface area contributed by atoms with Crippen molar-refractivity contribution in [2.24, 2.45) is 23.0 Å². The smallest absolute Gasteiger partial charge is 0.00956 e. The van der Waals surface area contributed by atoms with Gasteiger partial charge in [0, 0.05) is 18.6 Å². The molecule has 0 bridgehead atoms. The number of likely N-dealkylation sites (tertiary alicyclic amines) is 1. The van der Waals surface area contributed by atoms with E-state index >= 15 is 0 Å². The maximum Gasteiger partial charge on any atom is 0.00956 e. The maximum atomic E-state index is 6.25. The van der Waals surface area contributed by atoms with E-state index in [1.807, 2.05) is 0 Å². The molecule has 0 amide bonds. The number of nitrogens with zero attached hydrogens (tertiary/aromatic N) is 1. The molecule has 1 saturated heterocycles. The highest BCUT2D eigenvalue weighted by molar-refractivity contribution is 4.90. The summed E-state index contributed by atoms with van der Waals surface area (Å²) < 4.78 is 0. The summed E-state index contributed by atoms with van der Waals surface area (Å²) in [4.78, 5) is 2.77. The van der Waals surface area contributed by atoms with Crippen LogP contribution in [0.25, 0.3) is 0 Å². The van der Waals surface area contributed by atoms with E-state index in [2.05, 4.69) is 32.6 Å². The first kappa shape index (κ1) is 16.3. The lowest BCUT2D eigenvalue weighted by molar-refractivity contribution is 0.0519. The first-order chi connectivity index (χ1) is 9.47. The van der Waals surface area contributed by atoms with Crippen molar-refractivity contribution in [2.45, 2.75) is 84.7 Å². The topological polar surface area (TPSA) is 29.3 Å². The van der Waals surface area contributed by atoms with Gasteiger partial charge in [0.15, 0.2) is 0 Å². The molecular weight excluding hydrogens is 244 g/mol. The van der Waals surface area contributed by atoms with E-state index in [-0.39, 0.29) is 0 Å². The van der Waals surface area contributed by atoms with Crippen molar-refractivity contribution in [3.63, 3.8) is 0 Å². The molecule has 2 fully saturated rings. The summed E-state index contributed by atoms with van der Waals surface area (Å²) in [6.07, 6.45) is 9.48. The van der Waals surface area contributed by atoms with E-state index in [0.717, 1.165) is 17.9 Å². The number of nitrogens with two attached hydrogens (primary N) is 1. The van der Waals surface area contributed by atoms with Gasteiger partial charge in [-0.15, -0.1) is 0 Å². The maximum absolute atomic E-state index is 6.25. The third-order valence-electron chi connectivity index (χ3n) is 6.58. The lowest BCUT2D eigenvalue weighted by Gasteiger charge is -2.45. The summed E-state index contributed by atoms with van der Waals surface area (Å²) in [6, 6.07) is 1.30. The lowest BCUT2D eigenvalue weighted by atomic mass is 9.68. The van der Waals surface area contributed by atoms with Crippen LogP contribution in [-0.4, -0.2) is 30.1 Å². The van der Waals surface area contributed by atoms with Gasteiger partial charge in [0.05, 0.1) is 0 Å². The van der Waals surface area contributed by atoms with Crippen LogP contribution in [0, 0.1) is 17.3 Å². The molecule has 0 spiro atoms. The van der Waals surface area contributed by atoms with E-state index in [0.29, 0.717) is 11.5 Å². The third-order valence-corrected chi connectivity index (χ3v) is 6.58. The standard InChI is InChI=1S/C18H36N2/c1-5-14-13-20(12-11-17(14)19)16-9-7-15(8-10-16)18(3,4)6-2/h14-17H,5-13,19H2,1-4H3. The molecule has 2 rings (SSSR count). The molecule has 1 saturated carbocycles. The zero-order valence-electron chi connectivity index (χ0n) is 14.2. The molecule has 20 heavy (non-hydrogen) atoms. The summed E-state index contributed by atoms with van der Waals surface area (Å²) in [5.74, 6) is 1.67. The Hall–Kier alpha value is -0.0800. The summed E-state index contributed by atoms with van der Waals surface area (Å²) in [6.45, 7) is 12.1. The first-order valence-corrected chi connectivity index (χ1v) is 8.97. The van der Waals surface area contributed by atoms with Crippen LogP contribution in [0.5, 0.6) is 0 Å². The zero-order chi connectivity index (χ0) is 14.8. The Morgan fingerprint density at radius 2 is 1.70 bits per heavy atom. The Bertz CT molecular complexity index is 292. The molecule has 2 heteroatoms. The Balaban J connectivity index is 1.85. The SMILES string of the molecule is CCC1CN(C2CCC(C(C)(C)CC)CC2)CCC1N. The monoisotopic (exact) mass is 280 g/mol. The molecule has 0 radical (unpaired) electrons. The largest absolute Gasteiger partial charge is 0.327 e. The van der Waals surface area contributed by atoms with Crippen LogP contribution in [0.3, 0.4) is 0 Å². The van der Waals surface area contributed by atoms with Crippen molar-refractivity contribution >= 4 is 0 Å². The molecule has 0 aromatic rings. The third kappa shape index (κ3) is 3.57. The zero-order valence-corrected chi connectivity index (χ0v) is 14.2. The Kier molecular flexibility index (Phi) is 5.53. The minimum Gasteiger partial charge on any atom is -0.327 e. The van der Waals surface area contributed by atoms with Crippen LogP contribution < -0.4 is 5.73 Å². The summed E-state index contributed by atoms with van der Waals surface area (Å²) in [7, 11) is 0. The van der Waals surface area contributed by atoms with E-state index in [1.165, 1.54) is 58.0 Å². The van der Waals surface area contributed by atoms with Crippen molar-refractivity contribution in [1.82, 2.24) is 4.90 Å². The molecule has 2 unspecified atom stereocenters. The van der Waals surface area contributed by atoms with Crippen LogP contribution in [0.4, 0.5) is 0 Å². The molecule has 1 heterocycles. The van der Waals surface area contributed by atoms with Crippen molar-refractivity contribution < 1.29 is 0 Å². The Morgan fingerprint density at radius 1 is 1.05 bits per heavy atom. The van der Waals surface area contributed by atoms with Gasteiger partial charge in [0.1, 0.15) is 0 Å². The van der Waals surface area contributed by atoms with Gasteiger partial charge < -0.3 is 5.73 Å². The highest BCUT2D eigenvalue weighted by Crippen LogP contribution is 2.41. The fraction of sp³-hybridized carbons (Fsp3) is 1.00. The molecule has 2 N–H and O–H groups in total. The van der Waals surface area contributed by atoms with Crippen LogP contribution in [-0.2, 0) is 0 Å². The predicted octanol–water partition coefficient (Wildman–Crippen LogP) is 4.04. The van der Waals surface area contributed by atoms with Gasteiger partial charge in [-0.1, -0.05) is 40.5 Å². The molecule has 0 aromatic heterocycles. The first-order valence-electron chi connectivity index (χ1n) is 8.97. The fourth-order valence-electron chi connectivity index (χ4n) is 4.35. The van der Waals surface area contributed by atoms with E-state index < -0.39 is 0 Å². The normalized spacial score (nSPS) is 37.0. The molecule has 1 aliphatic carbocycles. The highest BCUT2D eigenvalue weighted by atomic mass is 15.2. The average Bonchev–Trinajstić information content (AvgIpc) is 2.48. The van der Waals surface area contributed by atoms with Gasteiger partial charge in [0.2, 0.25) is 0 Å². The number of piperidine rings is 1. The second-order valence-corrected chi connectivity index (χ2v) is 7.96. The van der Waals surface area contributed by atoms with E-state index in [9.17, 15) is 0 Å². The minimum absolute atomic E-state index is 0.451. The molecule has 0 aromatic carbocycles. The van der Waals surface area contributed by atoms with Gasteiger partial charge in [0.25, 0.3) is 0 Å². The van der Waals surface area contributed by atoms with Gasteiger partial charge in [-0.05, 0) is 55.9 Å². The molecule has 2 atom stereocenters. The van der Waals surface area contributed by atoms with Gasteiger partial charge in [-0.3, -0.25) is 4.90 Å². The summed E-state index contributed by atoms with van der Waals surface area (Å²) in [5, 5.41) is 0. The minimum atomic E-state index is 0.451. The predicted molar refractivity (Wildman–Crippen MR) is 87.8 cm³/mol. The van der Waals surface area contributed by atoms with E-state index in [4.69, 9.17) is 5.73 Å². The lowest BCUT2D eigenvalue weighted by Crippen LogP contribution is -2.51. The van der Waals surface area contributed by atoms with Crippen molar-refractivity contribution in [1.29, 1.82) is 0 Å². The molecule has 2 nitrogen and oxygen atoms in total. The van der Waals surface area contributed by atoms with Gasteiger partial charge in [-0.25, -0.2) is 0 Å². The summed E-state index contributed by atoms with van der Waals surface area (Å²) in [5.41, 5.74) is 6.79. The van der Waals surface area contributed by atoms with Crippen molar-refractivity contribution in [3.8, 4) is 0 Å². The quantitative estimate of drug-likeness (QED) is 0.842. The number of rotatable bonds is 4. The van der Waals surface area contributed by atoms with Crippen molar-refractivity contribution in [2.75, 3.05) is 13.1 Å². The average molecular weight is 280 g/mol. The number of hydrogen-bond acceptors (Lipinski definition) is 2. The molecule has 118 valence electrons. The van der Waals surface area contributed by atoms with Gasteiger partial charge in [-0.2, -0.15) is 0 Å². The van der Waals surface area contributed by atoms with Gasteiger partial charge >= 0.3 is 0 Å². The highest BCUT2D eigenvalue weighted by Gasteiger charge is 2.35. The molecule has 1 aliphatic heterocycles. The van der Waals surface area contributed by atoms with E-state index in [1.54, 1.807) is 0 Å². The van der Waals surface area contributed by atoms with Crippen LogP contribution in [0.15, 0.2) is 0 Å². The fourth-order valence-corrected chi connectivity index (χ4v) is 4.35. The van der Waals surface area contributed by atoms with Crippen LogP contribution in [0.1, 0.15) is 72.6 Å². The van der Waals surface area contributed by atoms with Crippen LogP contribution >= 0.6 is 0 Å². The molecule has 2 aliphatic rings. The number of hydrogen-bond donors (Lipinski definition) is 1. The Morgan fingerprint density at radius 3 is 2.25 bits per heavy atom. The second-order valence-electron chi connectivity index (χ2n) is 7.96. The second kappa shape index (κ2) is 6.79. The summed E-state index contributed by atoms with van der Waals surface area (Å²) >= 11 is 0.